The monoisotopic (exact) mass is 239 g/mol. The summed E-state index contributed by atoms with van der Waals surface area (Å²) in [7, 11) is 0. The van der Waals surface area contributed by atoms with Crippen molar-refractivity contribution in [1.82, 2.24) is 5.32 Å². The van der Waals surface area contributed by atoms with E-state index in [1.54, 1.807) is 0 Å². The maximum atomic E-state index is 9.19. The highest BCUT2D eigenvalue weighted by atomic mass is 32.2. The van der Waals surface area contributed by atoms with Crippen LogP contribution in [0.15, 0.2) is 29.2 Å². The third-order valence-corrected chi connectivity index (χ3v) is 4.00. The summed E-state index contributed by atoms with van der Waals surface area (Å²) in [5.41, 5.74) is 1.42. The lowest BCUT2D eigenvalue weighted by atomic mass is 10.1. The fraction of sp³-hybridized carbons (Fsp3) is 0.500. The summed E-state index contributed by atoms with van der Waals surface area (Å²) in [4.78, 5) is 1.37. The van der Waals surface area contributed by atoms with Crippen molar-refractivity contribution >= 4 is 11.8 Å². The molecule has 0 aromatic heterocycles. The van der Waals surface area contributed by atoms with E-state index < -0.39 is 6.10 Å². The number of rotatable bonds is 5. The molecule has 0 fully saturated rings. The van der Waals surface area contributed by atoms with E-state index in [0.29, 0.717) is 11.8 Å². The number of nitrogens with one attached hydrogen (secondary N) is 1. The maximum Gasteiger partial charge on any atom is 0.0894 e. The van der Waals surface area contributed by atoms with Crippen LogP contribution < -0.4 is 5.32 Å². The molecule has 88 valence electrons. The standard InChI is InChI=1S/C12H17NO2S/c14-8-10(15)6-13-7-11-5-9-3-1-2-4-12(9)16-11/h1-4,10-11,13-15H,5-8H2. The van der Waals surface area contributed by atoms with Crippen molar-refractivity contribution in [1.29, 1.82) is 0 Å². The summed E-state index contributed by atoms with van der Waals surface area (Å²) < 4.78 is 0. The molecule has 1 aliphatic rings. The zero-order valence-electron chi connectivity index (χ0n) is 9.10. The average Bonchev–Trinajstić information content (AvgIpc) is 2.71. The number of fused-ring (bicyclic) bond motifs is 1. The van der Waals surface area contributed by atoms with Gasteiger partial charge >= 0.3 is 0 Å². The van der Waals surface area contributed by atoms with Gasteiger partial charge in [-0.15, -0.1) is 11.8 Å². The number of aliphatic hydroxyl groups is 2. The van der Waals surface area contributed by atoms with Crippen molar-refractivity contribution in [3.8, 4) is 0 Å². The second kappa shape index (κ2) is 5.68. The first-order chi connectivity index (χ1) is 7.79. The molecule has 1 heterocycles. The third-order valence-electron chi connectivity index (χ3n) is 2.68. The van der Waals surface area contributed by atoms with Crippen LogP contribution in [0.2, 0.25) is 0 Å². The van der Waals surface area contributed by atoms with Gasteiger partial charge in [-0.3, -0.25) is 0 Å². The molecule has 2 unspecified atom stereocenters. The summed E-state index contributed by atoms with van der Waals surface area (Å²) in [6, 6.07) is 8.47. The Morgan fingerprint density at radius 1 is 1.44 bits per heavy atom. The first-order valence-electron chi connectivity index (χ1n) is 5.54. The van der Waals surface area contributed by atoms with Crippen LogP contribution in [-0.2, 0) is 6.42 Å². The van der Waals surface area contributed by atoms with Gasteiger partial charge in [0.05, 0.1) is 12.7 Å². The van der Waals surface area contributed by atoms with Gasteiger partial charge in [-0.2, -0.15) is 0 Å². The summed E-state index contributed by atoms with van der Waals surface area (Å²) in [5.74, 6) is 0. The topological polar surface area (TPSA) is 52.5 Å². The van der Waals surface area contributed by atoms with Gasteiger partial charge in [0.1, 0.15) is 0 Å². The first-order valence-corrected chi connectivity index (χ1v) is 6.41. The Morgan fingerprint density at radius 2 is 2.25 bits per heavy atom. The average molecular weight is 239 g/mol. The fourth-order valence-electron chi connectivity index (χ4n) is 1.84. The largest absolute Gasteiger partial charge is 0.394 e. The van der Waals surface area contributed by atoms with Crippen molar-refractivity contribution in [2.24, 2.45) is 0 Å². The predicted octanol–water partition coefficient (Wildman–Crippen LogP) is 0.646. The minimum absolute atomic E-state index is 0.176. The van der Waals surface area contributed by atoms with Gasteiger partial charge in [0, 0.05) is 23.2 Å². The van der Waals surface area contributed by atoms with Crippen LogP contribution >= 0.6 is 11.8 Å². The van der Waals surface area contributed by atoms with E-state index in [2.05, 4.69) is 29.6 Å². The highest BCUT2D eigenvalue weighted by Gasteiger charge is 2.21. The molecule has 1 aliphatic heterocycles. The highest BCUT2D eigenvalue weighted by Crippen LogP contribution is 2.36. The molecule has 3 nitrogen and oxygen atoms in total. The Balaban J connectivity index is 1.75. The molecule has 0 radical (unpaired) electrons. The Morgan fingerprint density at radius 3 is 3.00 bits per heavy atom. The Bertz CT molecular complexity index is 321. The molecular weight excluding hydrogens is 222 g/mol. The fourth-order valence-corrected chi connectivity index (χ4v) is 3.13. The van der Waals surface area contributed by atoms with Crippen LogP contribution in [0.25, 0.3) is 0 Å². The van der Waals surface area contributed by atoms with Gasteiger partial charge in [-0.05, 0) is 18.1 Å². The summed E-state index contributed by atoms with van der Waals surface area (Å²) in [6.45, 7) is 1.16. The highest BCUT2D eigenvalue weighted by molar-refractivity contribution is 8.00. The maximum absolute atomic E-state index is 9.19. The van der Waals surface area contributed by atoms with Crippen molar-refractivity contribution in [3.05, 3.63) is 29.8 Å². The number of aliphatic hydroxyl groups excluding tert-OH is 2. The molecule has 3 N–H and O–H groups in total. The molecule has 0 amide bonds. The zero-order chi connectivity index (χ0) is 11.4. The van der Waals surface area contributed by atoms with Crippen LogP contribution in [-0.4, -0.2) is 41.3 Å². The first kappa shape index (κ1) is 11.9. The molecule has 0 bridgehead atoms. The lowest BCUT2D eigenvalue weighted by Gasteiger charge is -2.12. The quantitative estimate of drug-likeness (QED) is 0.706. The second-order valence-corrected chi connectivity index (χ2v) is 5.39. The SMILES string of the molecule is OCC(O)CNCC1Cc2ccccc2S1. The normalized spacial score (nSPS) is 20.8. The van der Waals surface area contributed by atoms with Crippen LogP contribution in [0, 0.1) is 0 Å². The van der Waals surface area contributed by atoms with E-state index in [-0.39, 0.29) is 6.61 Å². The lowest BCUT2D eigenvalue weighted by molar-refractivity contribution is 0.0947. The van der Waals surface area contributed by atoms with Crippen molar-refractivity contribution < 1.29 is 10.2 Å². The zero-order valence-corrected chi connectivity index (χ0v) is 9.91. The van der Waals surface area contributed by atoms with E-state index in [0.717, 1.165) is 13.0 Å². The molecule has 16 heavy (non-hydrogen) atoms. The third kappa shape index (κ3) is 2.98. The van der Waals surface area contributed by atoms with Crippen molar-refractivity contribution in [2.45, 2.75) is 22.7 Å². The van der Waals surface area contributed by atoms with E-state index in [1.807, 2.05) is 11.8 Å². The molecular formula is C12H17NO2S. The van der Waals surface area contributed by atoms with Gasteiger partial charge in [0.25, 0.3) is 0 Å². The van der Waals surface area contributed by atoms with E-state index in [1.165, 1.54) is 10.5 Å². The number of hydrogen-bond acceptors (Lipinski definition) is 4. The molecule has 0 saturated heterocycles. The minimum Gasteiger partial charge on any atom is -0.394 e. The van der Waals surface area contributed by atoms with Crippen LogP contribution in [0.3, 0.4) is 0 Å². The van der Waals surface area contributed by atoms with E-state index >= 15 is 0 Å². The molecule has 1 aromatic rings. The van der Waals surface area contributed by atoms with Crippen LogP contribution in [0.4, 0.5) is 0 Å². The van der Waals surface area contributed by atoms with Gasteiger partial charge in [0.2, 0.25) is 0 Å². The van der Waals surface area contributed by atoms with Gasteiger partial charge in [-0.1, -0.05) is 18.2 Å². The second-order valence-electron chi connectivity index (χ2n) is 4.05. The summed E-state index contributed by atoms with van der Waals surface area (Å²) in [6.07, 6.45) is 0.442. The molecule has 0 spiro atoms. The van der Waals surface area contributed by atoms with Gasteiger partial charge < -0.3 is 15.5 Å². The van der Waals surface area contributed by atoms with Gasteiger partial charge in [-0.25, -0.2) is 0 Å². The number of benzene rings is 1. The van der Waals surface area contributed by atoms with E-state index in [9.17, 15) is 5.11 Å². The Kier molecular flexibility index (Phi) is 4.23. The van der Waals surface area contributed by atoms with Crippen LogP contribution in [0.5, 0.6) is 0 Å². The summed E-state index contributed by atoms with van der Waals surface area (Å²) in [5, 5.41) is 21.6. The lowest BCUT2D eigenvalue weighted by Crippen LogP contribution is -2.33. The Hall–Kier alpha value is -0.550. The van der Waals surface area contributed by atoms with Gasteiger partial charge in [0.15, 0.2) is 0 Å². The number of thioether (sulfide) groups is 1. The predicted molar refractivity (Wildman–Crippen MR) is 65.8 cm³/mol. The molecule has 4 heteroatoms. The van der Waals surface area contributed by atoms with Crippen molar-refractivity contribution in [3.63, 3.8) is 0 Å². The molecule has 0 saturated carbocycles. The smallest absolute Gasteiger partial charge is 0.0894 e. The molecule has 1 aromatic carbocycles. The molecule has 2 atom stereocenters. The Labute approximate surface area is 99.9 Å². The minimum atomic E-state index is -0.645. The van der Waals surface area contributed by atoms with Crippen molar-refractivity contribution in [2.75, 3.05) is 19.7 Å². The van der Waals surface area contributed by atoms with E-state index in [4.69, 9.17) is 5.11 Å². The summed E-state index contributed by atoms with van der Waals surface area (Å²) >= 11 is 1.89. The molecule has 2 rings (SSSR count). The van der Waals surface area contributed by atoms with Crippen LogP contribution in [0.1, 0.15) is 5.56 Å². The molecule has 0 aliphatic carbocycles. The number of hydrogen-bond donors (Lipinski definition) is 3.